The summed E-state index contributed by atoms with van der Waals surface area (Å²) in [5, 5.41) is 10.3. The number of rotatable bonds is 5. The molecule has 10 heteroatoms. The van der Waals surface area contributed by atoms with Crippen LogP contribution in [-0.2, 0) is 16.1 Å². The van der Waals surface area contributed by atoms with Crippen LogP contribution in [0, 0.1) is 5.82 Å². The molecule has 0 aliphatic carbocycles. The molecule has 1 saturated heterocycles. The summed E-state index contributed by atoms with van der Waals surface area (Å²) in [5.41, 5.74) is -1.13. The smallest absolute Gasteiger partial charge is 0.330 e. The Morgan fingerprint density at radius 3 is 2.81 bits per heavy atom. The van der Waals surface area contributed by atoms with Crippen LogP contribution in [0.15, 0.2) is 34.0 Å². The largest absolute Gasteiger partial charge is 0.394 e. The van der Waals surface area contributed by atoms with Gasteiger partial charge < -0.3 is 14.6 Å². The predicted molar refractivity (Wildman–Crippen MR) is 91.9 cm³/mol. The van der Waals surface area contributed by atoms with E-state index < -0.39 is 35.5 Å². The minimum absolute atomic E-state index is 0.184. The van der Waals surface area contributed by atoms with Gasteiger partial charge in [0.2, 0.25) is 5.82 Å². The van der Waals surface area contributed by atoms with Crippen LogP contribution >= 0.6 is 23.2 Å². The molecule has 3 atom stereocenters. The molecule has 1 fully saturated rings. The normalized spacial score (nSPS) is 22.7. The number of aliphatic hydroxyl groups excluding tert-OH is 1. The summed E-state index contributed by atoms with van der Waals surface area (Å²) in [6.45, 7) is -0.161. The molecule has 0 saturated carbocycles. The number of aromatic amines is 1. The molecular weight excluding hydrogens is 390 g/mol. The molecule has 1 aliphatic rings. The first kappa shape index (κ1) is 19.1. The number of hydrogen-bond acceptors (Lipinski definition) is 5. The van der Waals surface area contributed by atoms with Gasteiger partial charge in [0.05, 0.1) is 35.6 Å². The van der Waals surface area contributed by atoms with Crippen LogP contribution in [0.25, 0.3) is 0 Å². The summed E-state index contributed by atoms with van der Waals surface area (Å²) in [6.07, 6.45) is -1.14. The topological polar surface area (TPSA) is 93.6 Å². The highest BCUT2D eigenvalue weighted by Gasteiger charge is 2.37. The Morgan fingerprint density at radius 2 is 2.12 bits per heavy atom. The molecule has 1 aromatic heterocycles. The van der Waals surface area contributed by atoms with Crippen LogP contribution in [0.1, 0.15) is 18.2 Å². The number of nitrogens with one attached hydrogen (secondary N) is 1. The summed E-state index contributed by atoms with van der Waals surface area (Å²) >= 11 is 11.8. The van der Waals surface area contributed by atoms with Crippen molar-refractivity contribution in [3.63, 3.8) is 0 Å². The Balaban J connectivity index is 1.73. The van der Waals surface area contributed by atoms with E-state index in [0.29, 0.717) is 10.0 Å². The molecule has 2 N–H and O–H groups in total. The second-order valence-corrected chi connectivity index (χ2v) is 6.60. The number of halogens is 3. The summed E-state index contributed by atoms with van der Waals surface area (Å²) in [6, 6.07) is 5.05. The molecule has 140 valence electrons. The molecule has 1 aromatic carbocycles. The highest BCUT2D eigenvalue weighted by molar-refractivity contribution is 6.42. The third-order valence-corrected chi connectivity index (χ3v) is 4.78. The zero-order valence-electron chi connectivity index (χ0n) is 13.3. The first-order valence-electron chi connectivity index (χ1n) is 7.72. The van der Waals surface area contributed by atoms with Crippen LogP contribution in [0.4, 0.5) is 4.39 Å². The molecule has 3 rings (SSSR count). The Hall–Kier alpha value is -1.71. The lowest BCUT2D eigenvalue weighted by Gasteiger charge is -2.16. The van der Waals surface area contributed by atoms with Gasteiger partial charge >= 0.3 is 5.69 Å². The molecule has 1 aliphatic heterocycles. The Kier molecular flexibility index (Phi) is 5.79. The number of aromatic nitrogens is 2. The van der Waals surface area contributed by atoms with Gasteiger partial charge in [-0.05, 0) is 17.7 Å². The van der Waals surface area contributed by atoms with E-state index in [4.69, 9.17) is 32.7 Å². The maximum Gasteiger partial charge on any atom is 0.330 e. The molecule has 0 bridgehead atoms. The maximum atomic E-state index is 13.5. The van der Waals surface area contributed by atoms with Crippen molar-refractivity contribution in [1.29, 1.82) is 0 Å². The fourth-order valence-electron chi connectivity index (χ4n) is 2.72. The first-order chi connectivity index (χ1) is 12.4. The standard InChI is InChI=1S/C16H15Cl2FN2O5/c17-9-2-1-8(3-10(9)18)7-25-12-4-14(26-13(12)6-22)21-5-11(19)15(23)20-16(21)24/h1-3,5,12-14,22H,4,6-7H2,(H,20,23,24)/t12-,13+,14+/m0/s1. The van der Waals surface area contributed by atoms with E-state index in [1.165, 1.54) is 0 Å². The van der Waals surface area contributed by atoms with Crippen molar-refractivity contribution in [3.05, 3.63) is 66.7 Å². The van der Waals surface area contributed by atoms with Gasteiger partial charge in [-0.2, -0.15) is 4.39 Å². The number of ether oxygens (including phenoxy) is 2. The maximum absolute atomic E-state index is 13.5. The van der Waals surface area contributed by atoms with Crippen LogP contribution in [-0.4, -0.2) is 33.5 Å². The number of hydrogen-bond donors (Lipinski definition) is 2. The summed E-state index contributed by atoms with van der Waals surface area (Å²) < 4.78 is 25.7. The van der Waals surface area contributed by atoms with E-state index in [1.54, 1.807) is 18.2 Å². The Labute approximate surface area is 156 Å². The lowest BCUT2D eigenvalue weighted by Crippen LogP contribution is -2.34. The summed E-state index contributed by atoms with van der Waals surface area (Å²) in [4.78, 5) is 24.9. The molecule has 2 aromatic rings. The van der Waals surface area contributed by atoms with Crippen molar-refractivity contribution in [3.8, 4) is 0 Å². The van der Waals surface area contributed by atoms with Gasteiger partial charge in [-0.15, -0.1) is 0 Å². The Morgan fingerprint density at radius 1 is 1.35 bits per heavy atom. The first-order valence-corrected chi connectivity index (χ1v) is 8.47. The number of aliphatic hydroxyl groups is 1. The Bertz CT molecular complexity index is 916. The van der Waals surface area contributed by atoms with Crippen LogP contribution in [0.5, 0.6) is 0 Å². The van der Waals surface area contributed by atoms with Crippen LogP contribution in [0.3, 0.4) is 0 Å². The van der Waals surface area contributed by atoms with E-state index in [0.717, 1.165) is 16.3 Å². The second-order valence-electron chi connectivity index (χ2n) is 5.79. The van der Waals surface area contributed by atoms with Gasteiger partial charge in [0.1, 0.15) is 12.3 Å². The van der Waals surface area contributed by atoms with Gasteiger partial charge in [0, 0.05) is 6.42 Å². The van der Waals surface area contributed by atoms with Gasteiger partial charge in [-0.25, -0.2) is 4.79 Å². The zero-order valence-corrected chi connectivity index (χ0v) is 14.8. The second kappa shape index (κ2) is 7.89. The van der Waals surface area contributed by atoms with Crippen LogP contribution < -0.4 is 11.2 Å². The highest BCUT2D eigenvalue weighted by Crippen LogP contribution is 2.31. The van der Waals surface area contributed by atoms with Crippen molar-refractivity contribution >= 4 is 23.2 Å². The molecule has 0 amide bonds. The SMILES string of the molecule is O=c1[nH]c(=O)n([C@H]2C[C@H](OCc3ccc(Cl)c(Cl)c3)[C@@H](CO)O2)cc1F. The van der Waals surface area contributed by atoms with Crippen molar-refractivity contribution in [2.75, 3.05) is 6.61 Å². The molecule has 0 radical (unpaired) electrons. The quantitative estimate of drug-likeness (QED) is 0.792. The van der Waals surface area contributed by atoms with E-state index in [-0.39, 0.29) is 19.6 Å². The van der Waals surface area contributed by atoms with Gasteiger partial charge in [0.15, 0.2) is 0 Å². The van der Waals surface area contributed by atoms with Gasteiger partial charge in [0.25, 0.3) is 5.56 Å². The van der Waals surface area contributed by atoms with E-state index in [1.807, 2.05) is 4.98 Å². The molecule has 2 heterocycles. The third kappa shape index (κ3) is 3.99. The molecule has 0 spiro atoms. The number of benzene rings is 1. The zero-order chi connectivity index (χ0) is 18.8. The molecule has 0 unspecified atom stereocenters. The van der Waals surface area contributed by atoms with Crippen molar-refractivity contribution in [1.82, 2.24) is 9.55 Å². The minimum Gasteiger partial charge on any atom is -0.394 e. The molecular formula is C16H15Cl2FN2O5. The van der Waals surface area contributed by atoms with Crippen molar-refractivity contribution in [2.45, 2.75) is 31.5 Å². The molecule has 7 nitrogen and oxygen atoms in total. The van der Waals surface area contributed by atoms with Crippen molar-refractivity contribution < 1.29 is 19.0 Å². The average Bonchev–Trinajstić information content (AvgIpc) is 3.02. The number of nitrogens with zero attached hydrogens (tertiary/aromatic N) is 1. The van der Waals surface area contributed by atoms with Crippen molar-refractivity contribution in [2.24, 2.45) is 0 Å². The minimum atomic E-state index is -1.10. The predicted octanol–water partition coefficient (Wildman–Crippen LogP) is 1.85. The van der Waals surface area contributed by atoms with Gasteiger partial charge in [-0.3, -0.25) is 14.3 Å². The number of H-pyrrole nitrogens is 1. The lowest BCUT2D eigenvalue weighted by atomic mass is 10.1. The van der Waals surface area contributed by atoms with E-state index >= 15 is 0 Å². The monoisotopic (exact) mass is 404 g/mol. The van der Waals surface area contributed by atoms with Crippen LogP contribution in [0.2, 0.25) is 10.0 Å². The summed E-state index contributed by atoms with van der Waals surface area (Å²) in [7, 11) is 0. The summed E-state index contributed by atoms with van der Waals surface area (Å²) in [5.74, 6) is -1.10. The fourth-order valence-corrected chi connectivity index (χ4v) is 3.04. The molecule has 26 heavy (non-hydrogen) atoms. The fraction of sp³-hybridized carbons (Fsp3) is 0.375. The third-order valence-electron chi connectivity index (χ3n) is 4.04. The average molecular weight is 405 g/mol. The van der Waals surface area contributed by atoms with E-state index in [2.05, 4.69) is 0 Å². The van der Waals surface area contributed by atoms with Gasteiger partial charge in [-0.1, -0.05) is 29.3 Å². The highest BCUT2D eigenvalue weighted by atomic mass is 35.5. The lowest BCUT2D eigenvalue weighted by molar-refractivity contribution is -0.0659. The van der Waals surface area contributed by atoms with E-state index in [9.17, 15) is 19.1 Å².